The van der Waals surface area contributed by atoms with Gasteiger partial charge in [-0.15, -0.1) is 0 Å². The third kappa shape index (κ3) is 2.92. The average molecular weight is 296 g/mol. The SMILES string of the molecule is O=C(c1c(Cl)cc(Cl)cc1Cl)C1COCCO1. The maximum Gasteiger partial charge on any atom is 0.196 e. The van der Waals surface area contributed by atoms with Crippen molar-refractivity contribution in [2.24, 2.45) is 0 Å². The summed E-state index contributed by atoms with van der Waals surface area (Å²) in [5, 5.41) is 0.834. The molecule has 17 heavy (non-hydrogen) atoms. The van der Waals surface area contributed by atoms with E-state index < -0.39 is 6.10 Å². The summed E-state index contributed by atoms with van der Waals surface area (Å²) in [4.78, 5) is 12.1. The molecule has 92 valence electrons. The number of ketones is 1. The van der Waals surface area contributed by atoms with Crippen molar-refractivity contribution in [2.75, 3.05) is 19.8 Å². The summed E-state index contributed by atoms with van der Waals surface area (Å²) in [7, 11) is 0. The number of hydrogen-bond donors (Lipinski definition) is 0. The van der Waals surface area contributed by atoms with Crippen molar-refractivity contribution < 1.29 is 14.3 Å². The lowest BCUT2D eigenvalue weighted by Crippen LogP contribution is -2.35. The first-order valence-electron chi connectivity index (χ1n) is 4.97. The van der Waals surface area contributed by atoms with Crippen LogP contribution in [0.25, 0.3) is 0 Å². The van der Waals surface area contributed by atoms with Gasteiger partial charge in [-0.2, -0.15) is 0 Å². The first kappa shape index (κ1) is 13.1. The van der Waals surface area contributed by atoms with E-state index in [1.807, 2.05) is 0 Å². The second-order valence-electron chi connectivity index (χ2n) is 3.54. The molecule has 0 amide bonds. The molecule has 1 unspecified atom stereocenters. The Morgan fingerprint density at radius 3 is 2.35 bits per heavy atom. The van der Waals surface area contributed by atoms with Gasteiger partial charge in [-0.1, -0.05) is 34.8 Å². The Bertz CT molecular complexity index is 419. The number of rotatable bonds is 2. The van der Waals surface area contributed by atoms with E-state index in [4.69, 9.17) is 44.3 Å². The molecule has 1 aromatic rings. The maximum atomic E-state index is 12.1. The van der Waals surface area contributed by atoms with E-state index >= 15 is 0 Å². The molecule has 0 bridgehead atoms. The molecule has 1 atom stereocenters. The zero-order valence-electron chi connectivity index (χ0n) is 8.71. The summed E-state index contributed by atoms with van der Waals surface area (Å²) in [6.07, 6.45) is -0.653. The second kappa shape index (κ2) is 5.55. The van der Waals surface area contributed by atoms with Crippen LogP contribution in [0.4, 0.5) is 0 Å². The van der Waals surface area contributed by atoms with Crippen LogP contribution in [0.5, 0.6) is 0 Å². The van der Waals surface area contributed by atoms with Gasteiger partial charge >= 0.3 is 0 Å². The summed E-state index contributed by atoms with van der Waals surface area (Å²) in [6.45, 7) is 1.10. The molecule has 1 fully saturated rings. The highest BCUT2D eigenvalue weighted by Crippen LogP contribution is 2.30. The van der Waals surface area contributed by atoms with E-state index in [2.05, 4.69) is 0 Å². The van der Waals surface area contributed by atoms with E-state index in [-0.39, 0.29) is 28.0 Å². The van der Waals surface area contributed by atoms with Gasteiger partial charge in [0.1, 0.15) is 6.10 Å². The van der Waals surface area contributed by atoms with Crippen molar-refractivity contribution in [2.45, 2.75) is 6.10 Å². The van der Waals surface area contributed by atoms with E-state index in [0.29, 0.717) is 18.2 Å². The first-order valence-corrected chi connectivity index (χ1v) is 6.11. The van der Waals surface area contributed by atoms with Crippen LogP contribution < -0.4 is 0 Å². The number of benzene rings is 1. The maximum absolute atomic E-state index is 12.1. The molecule has 0 aromatic heterocycles. The zero-order valence-corrected chi connectivity index (χ0v) is 11.0. The minimum absolute atomic E-state index is 0.216. The Kier molecular flexibility index (Phi) is 4.28. The van der Waals surface area contributed by atoms with Crippen molar-refractivity contribution in [3.8, 4) is 0 Å². The van der Waals surface area contributed by atoms with Gasteiger partial charge in [-0.25, -0.2) is 0 Å². The fraction of sp³-hybridized carbons (Fsp3) is 0.364. The number of carbonyl (C=O) groups excluding carboxylic acids is 1. The van der Waals surface area contributed by atoms with Crippen molar-refractivity contribution in [1.82, 2.24) is 0 Å². The topological polar surface area (TPSA) is 35.5 Å². The van der Waals surface area contributed by atoms with Crippen molar-refractivity contribution in [3.05, 3.63) is 32.8 Å². The molecule has 0 saturated carbocycles. The third-order valence-corrected chi connectivity index (χ3v) is 3.18. The highest BCUT2D eigenvalue weighted by molar-refractivity contribution is 6.42. The molecule has 0 aliphatic carbocycles. The average Bonchev–Trinajstić information content (AvgIpc) is 2.28. The lowest BCUT2D eigenvalue weighted by molar-refractivity contribution is -0.0719. The summed E-state index contributed by atoms with van der Waals surface area (Å²) in [5.41, 5.74) is 0.230. The zero-order chi connectivity index (χ0) is 12.4. The van der Waals surface area contributed by atoms with E-state index in [0.717, 1.165) is 0 Å². The minimum Gasteiger partial charge on any atom is -0.376 e. The molecule has 0 radical (unpaired) electrons. The molecule has 3 nitrogen and oxygen atoms in total. The number of carbonyl (C=O) groups is 1. The van der Waals surface area contributed by atoms with Gasteiger partial charge in [0.15, 0.2) is 5.78 Å². The Hall–Kier alpha value is -0.320. The van der Waals surface area contributed by atoms with Crippen LogP contribution >= 0.6 is 34.8 Å². The fourth-order valence-electron chi connectivity index (χ4n) is 1.58. The summed E-state index contributed by atoms with van der Waals surface area (Å²) < 4.78 is 10.5. The minimum atomic E-state index is -0.653. The molecule has 1 aliphatic rings. The van der Waals surface area contributed by atoms with Crippen LogP contribution in [0.1, 0.15) is 10.4 Å². The molecular weight excluding hydrogens is 286 g/mol. The van der Waals surface area contributed by atoms with Gasteiger partial charge in [0.05, 0.1) is 35.4 Å². The molecule has 1 saturated heterocycles. The number of hydrogen-bond acceptors (Lipinski definition) is 3. The summed E-state index contributed by atoms with van der Waals surface area (Å²) in [6, 6.07) is 2.96. The number of Topliss-reactive ketones (excluding diaryl/α,β-unsaturated/α-hetero) is 1. The van der Waals surface area contributed by atoms with E-state index in [1.165, 1.54) is 12.1 Å². The van der Waals surface area contributed by atoms with Crippen LogP contribution in [0.2, 0.25) is 15.1 Å². The Morgan fingerprint density at radius 1 is 1.18 bits per heavy atom. The van der Waals surface area contributed by atoms with Crippen LogP contribution in [0, 0.1) is 0 Å². The molecule has 1 heterocycles. The third-order valence-electron chi connectivity index (χ3n) is 2.36. The normalized spacial score (nSPS) is 20.3. The van der Waals surface area contributed by atoms with Gasteiger partial charge in [0, 0.05) is 5.02 Å². The molecule has 1 aromatic carbocycles. The molecule has 2 rings (SSSR count). The van der Waals surface area contributed by atoms with Gasteiger partial charge in [0.25, 0.3) is 0 Å². The monoisotopic (exact) mass is 294 g/mol. The van der Waals surface area contributed by atoms with Crippen molar-refractivity contribution in [3.63, 3.8) is 0 Å². The summed E-state index contributed by atoms with van der Waals surface area (Å²) in [5.74, 6) is -0.281. The van der Waals surface area contributed by atoms with Gasteiger partial charge in [-0.05, 0) is 12.1 Å². The van der Waals surface area contributed by atoms with Crippen LogP contribution in [0.15, 0.2) is 12.1 Å². The fourth-order valence-corrected chi connectivity index (χ4v) is 2.58. The number of ether oxygens (including phenoxy) is 2. The Balaban J connectivity index is 2.30. The van der Waals surface area contributed by atoms with E-state index in [9.17, 15) is 4.79 Å². The van der Waals surface area contributed by atoms with Gasteiger partial charge < -0.3 is 9.47 Å². The molecule has 0 spiro atoms. The van der Waals surface area contributed by atoms with Crippen LogP contribution in [-0.2, 0) is 9.47 Å². The quantitative estimate of drug-likeness (QED) is 0.786. The van der Waals surface area contributed by atoms with Crippen molar-refractivity contribution in [1.29, 1.82) is 0 Å². The van der Waals surface area contributed by atoms with Gasteiger partial charge in [0.2, 0.25) is 0 Å². The van der Waals surface area contributed by atoms with Crippen molar-refractivity contribution >= 4 is 40.6 Å². The molecule has 6 heteroatoms. The second-order valence-corrected chi connectivity index (χ2v) is 4.79. The Labute approximate surface area is 114 Å². The number of halogens is 3. The first-order chi connectivity index (χ1) is 8.09. The summed E-state index contributed by atoms with van der Waals surface area (Å²) >= 11 is 17.7. The Morgan fingerprint density at radius 2 is 1.82 bits per heavy atom. The van der Waals surface area contributed by atoms with Crippen LogP contribution in [0.3, 0.4) is 0 Å². The smallest absolute Gasteiger partial charge is 0.196 e. The predicted octanol–water partition coefficient (Wildman–Crippen LogP) is 3.24. The highest BCUT2D eigenvalue weighted by Gasteiger charge is 2.27. The molecule has 1 aliphatic heterocycles. The predicted molar refractivity (Wildman–Crippen MR) is 66.4 cm³/mol. The lowest BCUT2D eigenvalue weighted by Gasteiger charge is -2.22. The van der Waals surface area contributed by atoms with Gasteiger partial charge in [-0.3, -0.25) is 4.79 Å². The standard InChI is InChI=1S/C11H9Cl3O3/c12-6-3-7(13)10(8(14)4-6)11(15)9-5-16-1-2-17-9/h3-4,9H,1-2,5H2. The highest BCUT2D eigenvalue weighted by atomic mass is 35.5. The van der Waals surface area contributed by atoms with Crippen LogP contribution in [-0.4, -0.2) is 31.7 Å². The lowest BCUT2D eigenvalue weighted by atomic mass is 10.1. The van der Waals surface area contributed by atoms with E-state index in [1.54, 1.807) is 0 Å². The molecule has 0 N–H and O–H groups in total. The molecular formula is C11H9Cl3O3. The largest absolute Gasteiger partial charge is 0.376 e.